The molecule has 2 aliphatic heterocycles. The van der Waals surface area contributed by atoms with Crippen molar-refractivity contribution < 1.29 is 23.8 Å². The zero-order valence-corrected chi connectivity index (χ0v) is 15.4. The summed E-state index contributed by atoms with van der Waals surface area (Å²) in [6.45, 7) is 0.609. The second-order valence-electron chi connectivity index (χ2n) is 7.58. The molecule has 6 heteroatoms. The highest BCUT2D eigenvalue weighted by Crippen LogP contribution is 2.43. The van der Waals surface area contributed by atoms with Crippen LogP contribution >= 0.6 is 0 Å². The van der Waals surface area contributed by atoms with E-state index >= 15 is 0 Å². The first-order valence-corrected chi connectivity index (χ1v) is 9.75. The van der Waals surface area contributed by atoms with Gasteiger partial charge in [0.05, 0.1) is 18.4 Å². The summed E-state index contributed by atoms with van der Waals surface area (Å²) in [6.07, 6.45) is 6.07. The fourth-order valence-electron chi connectivity index (χ4n) is 4.62. The maximum absolute atomic E-state index is 13.0. The molecular weight excluding hydrogens is 358 g/mol. The monoisotopic (exact) mass is 379 g/mol. The highest BCUT2D eigenvalue weighted by atomic mass is 16.5. The van der Waals surface area contributed by atoms with Gasteiger partial charge in [0.25, 0.3) is 11.7 Å². The first kappa shape index (κ1) is 17.1. The van der Waals surface area contributed by atoms with Crippen LogP contribution in [-0.4, -0.2) is 34.3 Å². The Hall–Kier alpha value is -3.02. The molecule has 1 saturated carbocycles. The number of ketones is 1. The van der Waals surface area contributed by atoms with Crippen LogP contribution in [0.15, 0.2) is 46.6 Å². The molecule has 28 heavy (non-hydrogen) atoms. The number of hydrogen-bond donors (Lipinski definition) is 1. The second-order valence-corrected chi connectivity index (χ2v) is 7.58. The van der Waals surface area contributed by atoms with E-state index in [2.05, 4.69) is 0 Å². The third kappa shape index (κ3) is 2.55. The highest BCUT2D eigenvalue weighted by molar-refractivity contribution is 6.46. The van der Waals surface area contributed by atoms with E-state index < -0.39 is 17.7 Å². The van der Waals surface area contributed by atoms with Crippen LogP contribution in [0.1, 0.15) is 48.6 Å². The molecule has 1 aromatic carbocycles. The third-order valence-corrected chi connectivity index (χ3v) is 5.97. The van der Waals surface area contributed by atoms with Crippen LogP contribution < -0.4 is 4.74 Å². The van der Waals surface area contributed by atoms with Crippen LogP contribution in [0.2, 0.25) is 0 Å². The number of ether oxygens (including phenoxy) is 1. The van der Waals surface area contributed by atoms with Crippen molar-refractivity contribution in [1.82, 2.24) is 4.90 Å². The SMILES string of the molecule is O=C1C(=O)N(C2CCCC2)C(c2ccco2)/C1=C(/O)c1ccc2c(c1)CCO2. The summed E-state index contributed by atoms with van der Waals surface area (Å²) in [7, 11) is 0. The Morgan fingerprint density at radius 3 is 2.71 bits per heavy atom. The predicted molar refractivity (Wildman–Crippen MR) is 101 cm³/mol. The van der Waals surface area contributed by atoms with E-state index in [9.17, 15) is 14.7 Å². The van der Waals surface area contributed by atoms with Gasteiger partial charge in [0.2, 0.25) is 0 Å². The molecule has 1 unspecified atom stereocenters. The lowest BCUT2D eigenvalue weighted by molar-refractivity contribution is -0.141. The number of carbonyl (C=O) groups excluding carboxylic acids is 2. The van der Waals surface area contributed by atoms with Crippen LogP contribution in [0.5, 0.6) is 5.75 Å². The number of amides is 1. The van der Waals surface area contributed by atoms with Crippen molar-refractivity contribution in [2.45, 2.75) is 44.2 Å². The molecule has 6 nitrogen and oxygen atoms in total. The second kappa shape index (κ2) is 6.55. The fraction of sp³-hybridized carbons (Fsp3) is 0.364. The number of fused-ring (bicyclic) bond motifs is 1. The maximum atomic E-state index is 13.0. The van der Waals surface area contributed by atoms with Gasteiger partial charge in [-0.2, -0.15) is 0 Å². The van der Waals surface area contributed by atoms with Crippen LogP contribution in [0.3, 0.4) is 0 Å². The minimum absolute atomic E-state index is 0.00901. The van der Waals surface area contributed by atoms with Gasteiger partial charge in [0.1, 0.15) is 23.3 Å². The highest BCUT2D eigenvalue weighted by Gasteiger charge is 2.50. The van der Waals surface area contributed by atoms with Crippen LogP contribution in [0.25, 0.3) is 5.76 Å². The molecule has 0 radical (unpaired) electrons. The molecule has 2 aromatic rings. The number of carbonyl (C=O) groups is 2. The minimum Gasteiger partial charge on any atom is -0.507 e. The Morgan fingerprint density at radius 2 is 1.96 bits per heavy atom. The molecule has 1 aromatic heterocycles. The number of aliphatic hydroxyl groups is 1. The van der Waals surface area contributed by atoms with E-state index in [1.54, 1.807) is 29.2 Å². The Morgan fingerprint density at radius 1 is 1.14 bits per heavy atom. The molecule has 1 aliphatic carbocycles. The van der Waals surface area contributed by atoms with E-state index in [1.807, 2.05) is 6.07 Å². The lowest BCUT2D eigenvalue weighted by atomic mass is 9.97. The van der Waals surface area contributed by atoms with Crippen molar-refractivity contribution >= 4 is 17.4 Å². The van der Waals surface area contributed by atoms with E-state index in [4.69, 9.17) is 9.15 Å². The summed E-state index contributed by atoms with van der Waals surface area (Å²) in [4.78, 5) is 27.5. The summed E-state index contributed by atoms with van der Waals surface area (Å²) < 4.78 is 11.1. The summed E-state index contributed by atoms with van der Waals surface area (Å²) in [5.74, 6) is -0.0699. The van der Waals surface area contributed by atoms with E-state index in [1.165, 1.54) is 6.26 Å². The Balaban J connectivity index is 1.64. The molecule has 144 valence electrons. The number of likely N-dealkylation sites (tertiary alicyclic amines) is 1. The molecule has 1 atom stereocenters. The predicted octanol–water partition coefficient (Wildman–Crippen LogP) is 3.58. The van der Waals surface area contributed by atoms with Gasteiger partial charge in [-0.1, -0.05) is 12.8 Å². The van der Waals surface area contributed by atoms with Gasteiger partial charge in [-0.3, -0.25) is 9.59 Å². The van der Waals surface area contributed by atoms with E-state index in [0.717, 1.165) is 43.4 Å². The largest absolute Gasteiger partial charge is 0.507 e. The van der Waals surface area contributed by atoms with Crippen molar-refractivity contribution in [3.8, 4) is 5.75 Å². The average Bonchev–Trinajstić information content (AvgIpc) is 3.49. The Bertz CT molecular complexity index is 969. The quantitative estimate of drug-likeness (QED) is 0.501. The summed E-state index contributed by atoms with van der Waals surface area (Å²) in [5.41, 5.74) is 1.61. The van der Waals surface area contributed by atoms with E-state index in [-0.39, 0.29) is 17.4 Å². The number of Topliss-reactive ketones (excluding diaryl/α,β-unsaturated/α-hetero) is 1. The van der Waals surface area contributed by atoms with Gasteiger partial charge in [-0.15, -0.1) is 0 Å². The Kier molecular flexibility index (Phi) is 4.00. The molecule has 1 amide bonds. The number of aliphatic hydroxyl groups excluding tert-OH is 1. The maximum Gasteiger partial charge on any atom is 0.296 e. The van der Waals surface area contributed by atoms with E-state index in [0.29, 0.717) is 17.9 Å². The van der Waals surface area contributed by atoms with Crippen molar-refractivity contribution in [3.63, 3.8) is 0 Å². The number of benzene rings is 1. The van der Waals surface area contributed by atoms with Crippen molar-refractivity contribution in [3.05, 3.63) is 59.1 Å². The molecule has 1 N–H and O–H groups in total. The zero-order chi connectivity index (χ0) is 19.3. The molecular formula is C22H21NO5. The van der Waals surface area contributed by atoms with Gasteiger partial charge in [-0.25, -0.2) is 0 Å². The molecule has 3 heterocycles. The van der Waals surface area contributed by atoms with Gasteiger partial charge < -0.3 is 19.2 Å². The lowest BCUT2D eigenvalue weighted by Gasteiger charge is -2.29. The van der Waals surface area contributed by atoms with Crippen LogP contribution in [0.4, 0.5) is 0 Å². The van der Waals surface area contributed by atoms with Crippen molar-refractivity contribution in [2.75, 3.05) is 6.61 Å². The molecule has 0 spiro atoms. The number of furan rings is 1. The van der Waals surface area contributed by atoms with Gasteiger partial charge in [-0.05, 0) is 48.7 Å². The zero-order valence-electron chi connectivity index (χ0n) is 15.4. The van der Waals surface area contributed by atoms with Gasteiger partial charge >= 0.3 is 0 Å². The smallest absolute Gasteiger partial charge is 0.296 e. The lowest BCUT2D eigenvalue weighted by Crippen LogP contribution is -2.37. The molecule has 2 fully saturated rings. The third-order valence-electron chi connectivity index (χ3n) is 5.97. The first-order chi connectivity index (χ1) is 13.6. The number of hydrogen-bond acceptors (Lipinski definition) is 5. The van der Waals surface area contributed by atoms with Gasteiger partial charge in [0.15, 0.2) is 0 Å². The number of nitrogens with zero attached hydrogens (tertiary/aromatic N) is 1. The summed E-state index contributed by atoms with van der Waals surface area (Å²) in [5, 5.41) is 11.1. The van der Waals surface area contributed by atoms with Crippen LogP contribution in [0, 0.1) is 0 Å². The molecule has 3 aliphatic rings. The number of rotatable bonds is 3. The molecule has 1 saturated heterocycles. The molecule has 0 bridgehead atoms. The van der Waals surface area contributed by atoms with Crippen molar-refractivity contribution in [2.24, 2.45) is 0 Å². The fourth-order valence-corrected chi connectivity index (χ4v) is 4.62. The molecule has 5 rings (SSSR count). The standard InChI is InChI=1S/C22H21NO5/c24-20(14-7-8-16-13(12-14)9-11-28-16)18-19(17-6-3-10-27-17)23(22(26)21(18)25)15-4-1-2-5-15/h3,6-8,10,12,15,19,24H,1-2,4-5,9,11H2/b20-18-. The average molecular weight is 379 g/mol. The minimum atomic E-state index is -0.692. The normalized spacial score (nSPS) is 24.0. The summed E-state index contributed by atoms with van der Waals surface area (Å²) in [6, 6.07) is 8.14. The van der Waals surface area contributed by atoms with Crippen LogP contribution in [-0.2, 0) is 16.0 Å². The van der Waals surface area contributed by atoms with Crippen molar-refractivity contribution in [1.29, 1.82) is 0 Å². The summed E-state index contributed by atoms with van der Waals surface area (Å²) >= 11 is 0. The topological polar surface area (TPSA) is 80.0 Å². The first-order valence-electron chi connectivity index (χ1n) is 9.75. The Labute approximate surface area is 162 Å². The van der Waals surface area contributed by atoms with Gasteiger partial charge in [0, 0.05) is 18.0 Å².